The molecule has 0 bridgehead atoms. The van der Waals surface area contributed by atoms with Crippen LogP contribution in [0.1, 0.15) is 45.4 Å². The van der Waals surface area contributed by atoms with E-state index in [1.807, 2.05) is 0 Å². The minimum atomic E-state index is -0.433. The highest BCUT2D eigenvalue weighted by molar-refractivity contribution is 4.89. The summed E-state index contributed by atoms with van der Waals surface area (Å²) in [6.45, 7) is 2.90. The summed E-state index contributed by atoms with van der Waals surface area (Å²) in [6.07, 6.45) is 5.56. The van der Waals surface area contributed by atoms with Crippen molar-refractivity contribution in [2.45, 2.75) is 63.4 Å². The van der Waals surface area contributed by atoms with E-state index in [1.165, 1.54) is 0 Å². The molecule has 3 nitrogen and oxygen atoms in total. The van der Waals surface area contributed by atoms with Crippen LogP contribution < -0.4 is 0 Å². The number of hydrogen-bond donors (Lipinski definition) is 1. The zero-order valence-electron chi connectivity index (χ0n) is 8.87. The number of ether oxygens (including phenoxy) is 2. The van der Waals surface area contributed by atoms with Crippen LogP contribution in [0.4, 0.5) is 0 Å². The van der Waals surface area contributed by atoms with Crippen LogP contribution in [-0.2, 0) is 9.47 Å². The Morgan fingerprint density at radius 2 is 2.29 bits per heavy atom. The molecule has 2 fully saturated rings. The molecular formula is C11H20O3. The van der Waals surface area contributed by atoms with Gasteiger partial charge in [0.15, 0.2) is 5.79 Å². The maximum Gasteiger partial charge on any atom is 0.171 e. The van der Waals surface area contributed by atoms with E-state index in [4.69, 9.17) is 9.47 Å². The van der Waals surface area contributed by atoms with Gasteiger partial charge in [-0.3, -0.25) is 0 Å². The van der Waals surface area contributed by atoms with E-state index in [2.05, 4.69) is 6.92 Å². The molecule has 2 rings (SSSR count). The standard InChI is InChI=1S/C11H20O3/c1-2-5-10-9(12)8-11(14-10)6-3-4-7-13-11/h9-10,12H,2-8H2,1H3/t9-,10-,11?/m0/s1. The Hall–Kier alpha value is -0.120. The van der Waals surface area contributed by atoms with Crippen LogP contribution in [0.2, 0.25) is 0 Å². The Balaban J connectivity index is 1.96. The highest BCUT2D eigenvalue weighted by Gasteiger charge is 2.47. The fraction of sp³-hybridized carbons (Fsp3) is 1.00. The van der Waals surface area contributed by atoms with Gasteiger partial charge in [-0.15, -0.1) is 0 Å². The van der Waals surface area contributed by atoms with Crippen molar-refractivity contribution in [3.8, 4) is 0 Å². The topological polar surface area (TPSA) is 38.7 Å². The average molecular weight is 200 g/mol. The minimum absolute atomic E-state index is 0.00176. The number of hydrogen-bond acceptors (Lipinski definition) is 3. The van der Waals surface area contributed by atoms with Gasteiger partial charge in [0.05, 0.1) is 18.8 Å². The van der Waals surface area contributed by atoms with Crippen molar-refractivity contribution in [3.63, 3.8) is 0 Å². The van der Waals surface area contributed by atoms with E-state index in [0.29, 0.717) is 6.42 Å². The summed E-state index contributed by atoms with van der Waals surface area (Å²) in [4.78, 5) is 0. The van der Waals surface area contributed by atoms with Crippen molar-refractivity contribution in [1.82, 2.24) is 0 Å². The predicted octanol–water partition coefficient (Wildman–Crippen LogP) is 1.83. The van der Waals surface area contributed by atoms with Gasteiger partial charge in [-0.2, -0.15) is 0 Å². The lowest BCUT2D eigenvalue weighted by Gasteiger charge is -2.33. The summed E-state index contributed by atoms with van der Waals surface area (Å²) in [5.41, 5.74) is 0. The van der Waals surface area contributed by atoms with Crippen molar-refractivity contribution in [1.29, 1.82) is 0 Å². The maximum atomic E-state index is 9.83. The quantitative estimate of drug-likeness (QED) is 0.739. The van der Waals surface area contributed by atoms with E-state index in [1.54, 1.807) is 0 Å². The van der Waals surface area contributed by atoms with Gasteiger partial charge >= 0.3 is 0 Å². The third-order valence-electron chi connectivity index (χ3n) is 3.21. The van der Waals surface area contributed by atoms with Gasteiger partial charge in [0, 0.05) is 12.8 Å². The number of aliphatic hydroxyl groups excluding tert-OH is 1. The van der Waals surface area contributed by atoms with Crippen LogP contribution in [-0.4, -0.2) is 29.7 Å². The molecule has 1 N–H and O–H groups in total. The molecule has 3 atom stereocenters. The fourth-order valence-corrected chi connectivity index (χ4v) is 2.47. The Morgan fingerprint density at radius 3 is 2.93 bits per heavy atom. The molecular weight excluding hydrogens is 180 g/mol. The van der Waals surface area contributed by atoms with Crippen LogP contribution in [0.15, 0.2) is 0 Å². The van der Waals surface area contributed by atoms with Crippen LogP contribution in [0.25, 0.3) is 0 Å². The lowest BCUT2D eigenvalue weighted by atomic mass is 10.00. The summed E-state index contributed by atoms with van der Waals surface area (Å²) in [7, 11) is 0. The van der Waals surface area contributed by atoms with Crippen molar-refractivity contribution in [3.05, 3.63) is 0 Å². The van der Waals surface area contributed by atoms with Gasteiger partial charge in [-0.25, -0.2) is 0 Å². The number of aliphatic hydroxyl groups is 1. The lowest BCUT2D eigenvalue weighted by molar-refractivity contribution is -0.245. The van der Waals surface area contributed by atoms with Crippen LogP contribution in [0, 0.1) is 0 Å². The second-order valence-electron chi connectivity index (χ2n) is 4.43. The molecule has 1 spiro atoms. The fourth-order valence-electron chi connectivity index (χ4n) is 2.47. The highest BCUT2D eigenvalue weighted by atomic mass is 16.7. The maximum absolute atomic E-state index is 9.83. The van der Waals surface area contributed by atoms with E-state index >= 15 is 0 Å². The Kier molecular flexibility index (Phi) is 3.10. The second kappa shape index (κ2) is 4.17. The zero-order chi connectivity index (χ0) is 10.0. The molecule has 2 heterocycles. The third kappa shape index (κ3) is 1.95. The van der Waals surface area contributed by atoms with Crippen molar-refractivity contribution in [2.75, 3.05) is 6.61 Å². The van der Waals surface area contributed by atoms with Crippen LogP contribution in [0.5, 0.6) is 0 Å². The zero-order valence-corrected chi connectivity index (χ0v) is 8.87. The normalized spacial score (nSPS) is 43.3. The Morgan fingerprint density at radius 1 is 1.43 bits per heavy atom. The molecule has 82 valence electrons. The Bertz CT molecular complexity index is 187. The first-order valence-electron chi connectivity index (χ1n) is 5.75. The van der Waals surface area contributed by atoms with E-state index < -0.39 is 5.79 Å². The van der Waals surface area contributed by atoms with Gasteiger partial charge in [0.25, 0.3) is 0 Å². The largest absolute Gasteiger partial charge is 0.390 e. The highest BCUT2D eigenvalue weighted by Crippen LogP contribution is 2.39. The molecule has 0 aromatic rings. The molecule has 2 aliphatic rings. The van der Waals surface area contributed by atoms with Gasteiger partial charge < -0.3 is 14.6 Å². The Labute approximate surface area is 85.4 Å². The molecule has 1 unspecified atom stereocenters. The SMILES string of the molecule is CCC[C@@H]1OC2(CCCCO2)C[C@@H]1O. The first-order valence-corrected chi connectivity index (χ1v) is 5.75. The minimum Gasteiger partial charge on any atom is -0.390 e. The summed E-state index contributed by atoms with van der Waals surface area (Å²) in [6, 6.07) is 0. The number of rotatable bonds is 2. The second-order valence-corrected chi connectivity index (χ2v) is 4.43. The van der Waals surface area contributed by atoms with Crippen molar-refractivity contribution >= 4 is 0 Å². The summed E-state index contributed by atoms with van der Waals surface area (Å²) in [5, 5.41) is 9.83. The van der Waals surface area contributed by atoms with Gasteiger partial charge in [-0.05, 0) is 19.3 Å². The molecule has 0 aromatic carbocycles. The van der Waals surface area contributed by atoms with Crippen molar-refractivity contribution in [2.24, 2.45) is 0 Å². The molecule has 0 amide bonds. The molecule has 2 saturated heterocycles. The van der Waals surface area contributed by atoms with Gasteiger partial charge in [0.2, 0.25) is 0 Å². The molecule has 0 saturated carbocycles. The summed E-state index contributed by atoms with van der Waals surface area (Å²) < 4.78 is 11.6. The van der Waals surface area contributed by atoms with Crippen molar-refractivity contribution < 1.29 is 14.6 Å². The predicted molar refractivity (Wildman–Crippen MR) is 52.9 cm³/mol. The monoisotopic (exact) mass is 200 g/mol. The third-order valence-corrected chi connectivity index (χ3v) is 3.21. The van der Waals surface area contributed by atoms with Crippen LogP contribution >= 0.6 is 0 Å². The van der Waals surface area contributed by atoms with E-state index in [-0.39, 0.29) is 12.2 Å². The lowest BCUT2D eigenvalue weighted by Crippen LogP contribution is -2.36. The molecule has 0 aliphatic carbocycles. The molecule has 0 aromatic heterocycles. The average Bonchev–Trinajstić information content (AvgIpc) is 2.45. The smallest absolute Gasteiger partial charge is 0.171 e. The molecule has 2 aliphatic heterocycles. The molecule has 0 radical (unpaired) electrons. The summed E-state index contributed by atoms with van der Waals surface area (Å²) >= 11 is 0. The van der Waals surface area contributed by atoms with Gasteiger partial charge in [0.1, 0.15) is 0 Å². The van der Waals surface area contributed by atoms with Crippen LogP contribution in [0.3, 0.4) is 0 Å². The first-order chi connectivity index (χ1) is 6.76. The first kappa shape index (κ1) is 10.4. The molecule has 3 heteroatoms. The van der Waals surface area contributed by atoms with E-state index in [9.17, 15) is 5.11 Å². The molecule has 14 heavy (non-hydrogen) atoms. The van der Waals surface area contributed by atoms with Gasteiger partial charge in [-0.1, -0.05) is 13.3 Å². The van der Waals surface area contributed by atoms with E-state index in [0.717, 1.165) is 38.7 Å². The summed E-state index contributed by atoms with van der Waals surface area (Å²) in [5.74, 6) is -0.433.